The highest BCUT2D eigenvalue weighted by molar-refractivity contribution is 5.79. The number of benzene rings is 2. The Labute approximate surface area is 219 Å². The molecule has 0 aliphatic heterocycles. The normalized spacial score (nSPS) is 12.8. The van der Waals surface area contributed by atoms with Crippen LogP contribution in [0.5, 0.6) is 0 Å². The minimum atomic E-state index is 0.0175. The second kappa shape index (κ2) is 16.1. The molecule has 1 aliphatic carbocycles. The van der Waals surface area contributed by atoms with Gasteiger partial charge in [-0.25, -0.2) is 9.97 Å². The van der Waals surface area contributed by atoms with Crippen LogP contribution in [0.3, 0.4) is 0 Å². The number of rotatable bonds is 5. The number of nitrogens with one attached hydrogen (secondary N) is 2. The number of anilines is 3. The van der Waals surface area contributed by atoms with Gasteiger partial charge in [0.1, 0.15) is 12.1 Å². The summed E-state index contributed by atoms with van der Waals surface area (Å²) < 4.78 is 0. The summed E-state index contributed by atoms with van der Waals surface area (Å²) in [5.41, 5.74) is 6.41. The molecule has 0 atom stereocenters. The first-order valence-electron chi connectivity index (χ1n) is 13.1. The van der Waals surface area contributed by atoms with Crippen molar-refractivity contribution < 1.29 is 0 Å². The highest BCUT2D eigenvalue weighted by Crippen LogP contribution is 2.31. The zero-order chi connectivity index (χ0) is 27.0. The lowest BCUT2D eigenvalue weighted by atomic mass is 9.89. The van der Waals surface area contributed by atoms with Gasteiger partial charge in [0.25, 0.3) is 0 Å². The average Bonchev–Trinajstić information content (AvgIpc) is 3.13. The van der Waals surface area contributed by atoms with Gasteiger partial charge in [0, 0.05) is 35.5 Å². The number of aromatic nitrogens is 2. The van der Waals surface area contributed by atoms with Crippen LogP contribution >= 0.6 is 0 Å². The zero-order valence-electron chi connectivity index (χ0n) is 23.6. The molecule has 0 saturated carbocycles. The molecule has 4 nitrogen and oxygen atoms in total. The molecule has 0 saturated heterocycles. The van der Waals surface area contributed by atoms with E-state index in [9.17, 15) is 0 Å². The van der Waals surface area contributed by atoms with Gasteiger partial charge in [-0.05, 0) is 41.5 Å². The number of hydrogen-bond donors (Lipinski definition) is 2. The number of hydrogen-bond acceptors (Lipinski definition) is 4. The van der Waals surface area contributed by atoms with Crippen molar-refractivity contribution in [3.63, 3.8) is 0 Å². The van der Waals surface area contributed by atoms with Gasteiger partial charge in [-0.3, -0.25) is 0 Å². The topological polar surface area (TPSA) is 49.8 Å². The molecule has 192 valence electrons. The molecule has 0 spiro atoms. The molecule has 0 amide bonds. The molecule has 1 heterocycles. The summed E-state index contributed by atoms with van der Waals surface area (Å²) in [5.74, 6) is 0.765. The van der Waals surface area contributed by atoms with Crippen LogP contribution in [-0.2, 0) is 0 Å². The summed E-state index contributed by atoms with van der Waals surface area (Å²) in [5, 5.41) is 6.48. The van der Waals surface area contributed by atoms with E-state index in [0.717, 1.165) is 28.5 Å². The summed E-state index contributed by atoms with van der Waals surface area (Å²) in [6.45, 7) is 16.4. The predicted octanol–water partition coefficient (Wildman–Crippen LogP) is 9.54. The highest BCUT2D eigenvalue weighted by atomic mass is 15.0. The maximum absolute atomic E-state index is 4.50. The van der Waals surface area contributed by atoms with Gasteiger partial charge in [0.15, 0.2) is 0 Å². The summed E-state index contributed by atoms with van der Waals surface area (Å²) >= 11 is 0. The third-order valence-corrected chi connectivity index (χ3v) is 5.04. The Morgan fingerprint density at radius 3 is 2.03 bits per heavy atom. The third-order valence-electron chi connectivity index (χ3n) is 5.04. The minimum absolute atomic E-state index is 0.0175. The van der Waals surface area contributed by atoms with Crippen molar-refractivity contribution in [3.05, 3.63) is 96.9 Å². The molecule has 0 radical (unpaired) electrons. The average molecular weight is 485 g/mol. The molecule has 2 N–H and O–H groups in total. The molecule has 1 aliphatic rings. The summed E-state index contributed by atoms with van der Waals surface area (Å²) in [6, 6.07) is 18.6. The highest BCUT2D eigenvalue weighted by Gasteiger charge is 2.14. The fourth-order valence-corrected chi connectivity index (χ4v) is 3.45. The second-order valence-corrected chi connectivity index (χ2v) is 7.96. The Hall–Kier alpha value is -3.66. The largest absolute Gasteiger partial charge is 0.388 e. The molecule has 4 rings (SSSR count). The van der Waals surface area contributed by atoms with Crippen LogP contribution in [0.25, 0.3) is 16.8 Å². The molecular weight excluding hydrogens is 440 g/mol. The van der Waals surface area contributed by atoms with Crippen LogP contribution in [0.15, 0.2) is 91.3 Å². The fourth-order valence-electron chi connectivity index (χ4n) is 3.45. The molecule has 0 fully saturated rings. The van der Waals surface area contributed by atoms with Gasteiger partial charge < -0.3 is 10.6 Å². The van der Waals surface area contributed by atoms with Gasteiger partial charge in [0.05, 0.1) is 5.69 Å². The minimum Gasteiger partial charge on any atom is -0.388 e. The van der Waals surface area contributed by atoms with Crippen molar-refractivity contribution in [2.75, 3.05) is 17.7 Å². The van der Waals surface area contributed by atoms with Gasteiger partial charge >= 0.3 is 0 Å². The Morgan fingerprint density at radius 2 is 1.36 bits per heavy atom. The number of allylic oxidation sites excluding steroid dienone is 6. The van der Waals surface area contributed by atoms with E-state index in [0.29, 0.717) is 0 Å². The van der Waals surface area contributed by atoms with Crippen molar-refractivity contribution in [2.24, 2.45) is 5.41 Å². The monoisotopic (exact) mass is 484 g/mol. The Bertz CT molecular complexity index is 1120. The van der Waals surface area contributed by atoms with Gasteiger partial charge in [-0.1, -0.05) is 104 Å². The van der Waals surface area contributed by atoms with Crippen molar-refractivity contribution in [1.82, 2.24) is 9.97 Å². The van der Waals surface area contributed by atoms with Gasteiger partial charge in [-0.15, -0.1) is 0 Å². The van der Waals surface area contributed by atoms with Crippen LogP contribution in [-0.4, -0.2) is 17.0 Å². The molecule has 0 bridgehead atoms. The molecular formula is C32H44N4. The molecule has 36 heavy (non-hydrogen) atoms. The van der Waals surface area contributed by atoms with E-state index in [1.54, 1.807) is 6.33 Å². The first-order valence-corrected chi connectivity index (χ1v) is 13.1. The molecule has 3 aromatic rings. The van der Waals surface area contributed by atoms with Gasteiger partial charge in [0.2, 0.25) is 0 Å². The lowest BCUT2D eigenvalue weighted by molar-refractivity contribution is 0.629. The Morgan fingerprint density at radius 1 is 0.722 bits per heavy atom. The Kier molecular flexibility index (Phi) is 13.6. The Balaban J connectivity index is 0.00000101. The summed E-state index contributed by atoms with van der Waals surface area (Å²) in [6.07, 6.45) is 12.5. The van der Waals surface area contributed by atoms with Crippen LogP contribution < -0.4 is 10.6 Å². The van der Waals surface area contributed by atoms with Crippen molar-refractivity contribution >= 4 is 22.8 Å². The van der Waals surface area contributed by atoms with E-state index >= 15 is 0 Å². The molecule has 1 aromatic heterocycles. The predicted molar refractivity (Wildman–Crippen MR) is 161 cm³/mol. The second-order valence-electron chi connectivity index (χ2n) is 7.96. The zero-order valence-corrected chi connectivity index (χ0v) is 23.6. The smallest absolute Gasteiger partial charge is 0.134 e. The van der Waals surface area contributed by atoms with E-state index in [1.165, 1.54) is 11.1 Å². The van der Waals surface area contributed by atoms with E-state index in [2.05, 4.69) is 89.1 Å². The standard InChI is InChI=1S/C26H26N4.3C2H6/c1-26(2)14-5-4-7-21(17-26)19-8-6-9-20(15-19)24-16-25(29-18-28-24)30-23-12-10-22(27-3)11-13-23;3*1-2/h4-18,27H,1-3H3,(H,28,29,30);3*1-2H3. The first kappa shape index (κ1) is 30.4. The van der Waals surface area contributed by atoms with Crippen LogP contribution in [0, 0.1) is 5.41 Å². The van der Waals surface area contributed by atoms with Crippen LogP contribution in [0.2, 0.25) is 0 Å². The molecule has 0 unspecified atom stereocenters. The maximum atomic E-state index is 4.50. The maximum Gasteiger partial charge on any atom is 0.134 e. The van der Waals surface area contributed by atoms with Crippen molar-refractivity contribution in [2.45, 2.75) is 55.4 Å². The van der Waals surface area contributed by atoms with E-state index in [1.807, 2.05) is 78.9 Å². The number of nitrogens with zero attached hydrogens (tertiary/aromatic N) is 2. The lowest BCUT2D eigenvalue weighted by Gasteiger charge is -2.16. The van der Waals surface area contributed by atoms with Gasteiger partial charge in [-0.2, -0.15) is 0 Å². The lowest BCUT2D eigenvalue weighted by Crippen LogP contribution is -2.02. The van der Waals surface area contributed by atoms with Crippen LogP contribution in [0.4, 0.5) is 17.2 Å². The SMILES string of the molecule is CC.CC.CC.CNc1ccc(Nc2cc(-c3cccc(C4=CC(C)(C)C=CC=C4)c3)ncn2)cc1. The quantitative estimate of drug-likeness (QED) is 0.378. The van der Waals surface area contributed by atoms with E-state index in [4.69, 9.17) is 0 Å². The summed E-state index contributed by atoms with van der Waals surface area (Å²) in [4.78, 5) is 8.88. The first-order chi connectivity index (χ1) is 17.5. The molecule has 2 aromatic carbocycles. The van der Waals surface area contributed by atoms with Crippen molar-refractivity contribution in [1.29, 1.82) is 0 Å². The van der Waals surface area contributed by atoms with Crippen molar-refractivity contribution in [3.8, 4) is 11.3 Å². The van der Waals surface area contributed by atoms with Crippen LogP contribution in [0.1, 0.15) is 61.0 Å². The third kappa shape index (κ3) is 9.18. The fraction of sp³-hybridized carbons (Fsp3) is 0.312. The summed E-state index contributed by atoms with van der Waals surface area (Å²) in [7, 11) is 1.91. The molecule has 4 heteroatoms. The van der Waals surface area contributed by atoms with E-state index in [-0.39, 0.29) is 5.41 Å². The van der Waals surface area contributed by atoms with E-state index < -0.39 is 0 Å².